The van der Waals surface area contributed by atoms with E-state index in [1.165, 1.54) is 0 Å². The van der Waals surface area contributed by atoms with E-state index in [1.54, 1.807) is 7.11 Å². The average Bonchev–Trinajstić information content (AvgIpc) is 2.28. The molecule has 1 aromatic rings. The number of rotatable bonds is 4. The van der Waals surface area contributed by atoms with Crippen LogP contribution in [0, 0.1) is 11.3 Å². The van der Waals surface area contributed by atoms with Gasteiger partial charge in [0.2, 0.25) is 0 Å². The largest absolute Gasteiger partial charge is 0.496 e. The van der Waals surface area contributed by atoms with Crippen LogP contribution in [0.2, 0.25) is 0 Å². The number of hydrogen-bond donors (Lipinski definition) is 1. The van der Waals surface area contributed by atoms with Gasteiger partial charge in [-0.05, 0) is 6.07 Å². The van der Waals surface area contributed by atoms with Gasteiger partial charge in [0.25, 0.3) is 0 Å². The van der Waals surface area contributed by atoms with Gasteiger partial charge < -0.3 is 9.64 Å². The summed E-state index contributed by atoms with van der Waals surface area (Å²) in [7, 11) is 3.61. The maximum Gasteiger partial charge on any atom is 0.123 e. The lowest BCUT2D eigenvalue weighted by Gasteiger charge is -2.23. The molecule has 0 aromatic heterocycles. The smallest absolute Gasteiger partial charge is 0.123 e. The van der Waals surface area contributed by atoms with Crippen molar-refractivity contribution in [2.45, 2.75) is 20.4 Å². The molecule has 1 rings (SSSR count). The monoisotopic (exact) mass is 220 g/mol. The summed E-state index contributed by atoms with van der Waals surface area (Å²) in [5.74, 6) is 1.77. The predicted molar refractivity (Wildman–Crippen MR) is 67.0 cm³/mol. The van der Waals surface area contributed by atoms with Crippen molar-refractivity contribution in [2.75, 3.05) is 14.2 Å². The zero-order chi connectivity index (χ0) is 12.1. The molecule has 3 heteroatoms. The number of nitrogens with zero attached hydrogens (tertiary/aromatic N) is 1. The Hall–Kier alpha value is -1.51. The van der Waals surface area contributed by atoms with E-state index in [0.717, 1.165) is 11.3 Å². The highest BCUT2D eigenvalue weighted by molar-refractivity contribution is 5.80. The van der Waals surface area contributed by atoms with E-state index in [4.69, 9.17) is 10.1 Å². The number of amidine groups is 1. The molecule has 0 radical (unpaired) electrons. The van der Waals surface area contributed by atoms with Crippen molar-refractivity contribution >= 4 is 5.84 Å². The second-order valence-electron chi connectivity index (χ2n) is 4.21. The fourth-order valence-electron chi connectivity index (χ4n) is 1.62. The van der Waals surface area contributed by atoms with E-state index in [2.05, 4.69) is 0 Å². The first-order valence-corrected chi connectivity index (χ1v) is 5.47. The van der Waals surface area contributed by atoms with Gasteiger partial charge in [0.1, 0.15) is 5.75 Å². The summed E-state index contributed by atoms with van der Waals surface area (Å²) in [5, 5.41) is 7.91. The molecule has 3 nitrogen and oxygen atoms in total. The Labute approximate surface area is 97.5 Å². The lowest BCUT2D eigenvalue weighted by atomic mass is 10.1. The zero-order valence-electron chi connectivity index (χ0n) is 10.4. The van der Waals surface area contributed by atoms with E-state index in [0.29, 0.717) is 12.4 Å². The predicted octanol–water partition coefficient (Wildman–Crippen LogP) is 2.76. The van der Waals surface area contributed by atoms with Crippen LogP contribution >= 0.6 is 0 Å². The standard InChI is InChI=1S/C13H20N2O/c1-10(2)13(14)15(3)9-11-7-5-6-8-12(11)16-4/h5-8,10,14H,9H2,1-4H3. The van der Waals surface area contributed by atoms with Gasteiger partial charge in [-0.3, -0.25) is 5.41 Å². The van der Waals surface area contributed by atoms with Gasteiger partial charge in [0, 0.05) is 25.1 Å². The highest BCUT2D eigenvalue weighted by Gasteiger charge is 2.11. The van der Waals surface area contributed by atoms with Crippen LogP contribution < -0.4 is 4.74 Å². The molecule has 0 aliphatic carbocycles. The van der Waals surface area contributed by atoms with Crippen molar-refractivity contribution in [2.24, 2.45) is 5.92 Å². The molecule has 0 heterocycles. The summed E-state index contributed by atoms with van der Waals surface area (Å²) in [6.45, 7) is 4.77. The number of para-hydroxylation sites is 1. The van der Waals surface area contributed by atoms with Crippen molar-refractivity contribution in [3.05, 3.63) is 29.8 Å². The van der Waals surface area contributed by atoms with Crippen LogP contribution in [0.5, 0.6) is 5.75 Å². The minimum Gasteiger partial charge on any atom is -0.496 e. The van der Waals surface area contributed by atoms with E-state index < -0.39 is 0 Å². The van der Waals surface area contributed by atoms with Crippen LogP contribution in [0.15, 0.2) is 24.3 Å². The Bertz CT molecular complexity index is 361. The number of ether oxygens (including phenoxy) is 1. The van der Waals surface area contributed by atoms with E-state index in [1.807, 2.05) is 50.1 Å². The van der Waals surface area contributed by atoms with Gasteiger partial charge in [0.15, 0.2) is 0 Å². The first-order chi connectivity index (χ1) is 7.56. The van der Waals surface area contributed by atoms with Gasteiger partial charge in [-0.15, -0.1) is 0 Å². The number of hydrogen-bond acceptors (Lipinski definition) is 2. The maximum atomic E-state index is 7.91. The fraction of sp³-hybridized carbons (Fsp3) is 0.462. The van der Waals surface area contributed by atoms with Crippen LogP contribution in [0.1, 0.15) is 19.4 Å². The molecule has 88 valence electrons. The molecule has 0 saturated carbocycles. The molecule has 0 spiro atoms. The first kappa shape index (κ1) is 12.6. The van der Waals surface area contributed by atoms with E-state index in [9.17, 15) is 0 Å². The minimum atomic E-state index is 0.250. The molecular formula is C13H20N2O. The Morgan fingerprint density at radius 2 is 2.00 bits per heavy atom. The molecule has 1 N–H and O–H groups in total. The quantitative estimate of drug-likeness (QED) is 0.625. The summed E-state index contributed by atoms with van der Waals surface area (Å²) >= 11 is 0. The molecule has 0 bridgehead atoms. The summed E-state index contributed by atoms with van der Waals surface area (Å²) in [6.07, 6.45) is 0. The van der Waals surface area contributed by atoms with Gasteiger partial charge in [-0.1, -0.05) is 32.0 Å². The summed E-state index contributed by atoms with van der Waals surface area (Å²) in [6, 6.07) is 7.92. The van der Waals surface area contributed by atoms with Crippen molar-refractivity contribution in [3.63, 3.8) is 0 Å². The lowest BCUT2D eigenvalue weighted by molar-refractivity contribution is 0.395. The normalized spacial score (nSPS) is 10.3. The third kappa shape index (κ3) is 2.99. The average molecular weight is 220 g/mol. The van der Waals surface area contributed by atoms with Gasteiger partial charge in [-0.2, -0.15) is 0 Å². The Kier molecular flexibility index (Phi) is 4.35. The van der Waals surface area contributed by atoms with Crippen molar-refractivity contribution in [1.82, 2.24) is 4.90 Å². The molecule has 0 amide bonds. The lowest BCUT2D eigenvalue weighted by Crippen LogP contribution is -2.29. The van der Waals surface area contributed by atoms with Crippen molar-refractivity contribution < 1.29 is 4.74 Å². The van der Waals surface area contributed by atoms with Gasteiger partial charge in [-0.25, -0.2) is 0 Å². The zero-order valence-corrected chi connectivity index (χ0v) is 10.4. The van der Waals surface area contributed by atoms with Crippen LogP contribution in [0.3, 0.4) is 0 Å². The third-order valence-corrected chi connectivity index (χ3v) is 2.56. The van der Waals surface area contributed by atoms with Crippen LogP contribution in [-0.4, -0.2) is 24.9 Å². The summed E-state index contributed by atoms with van der Waals surface area (Å²) in [5.41, 5.74) is 1.11. The second kappa shape index (κ2) is 5.54. The molecule has 0 fully saturated rings. The number of benzene rings is 1. The molecule has 1 aromatic carbocycles. The summed E-state index contributed by atoms with van der Waals surface area (Å²) < 4.78 is 5.29. The second-order valence-corrected chi connectivity index (χ2v) is 4.21. The fourth-order valence-corrected chi connectivity index (χ4v) is 1.62. The molecule has 0 unspecified atom stereocenters. The van der Waals surface area contributed by atoms with E-state index in [-0.39, 0.29) is 5.92 Å². The Balaban J connectivity index is 2.76. The van der Waals surface area contributed by atoms with Gasteiger partial charge in [0.05, 0.1) is 12.9 Å². The summed E-state index contributed by atoms with van der Waals surface area (Å²) in [4.78, 5) is 1.95. The van der Waals surface area contributed by atoms with Crippen LogP contribution in [0.4, 0.5) is 0 Å². The number of nitrogens with one attached hydrogen (secondary N) is 1. The maximum absolute atomic E-state index is 7.91. The van der Waals surface area contributed by atoms with Gasteiger partial charge >= 0.3 is 0 Å². The third-order valence-electron chi connectivity index (χ3n) is 2.56. The molecular weight excluding hydrogens is 200 g/mol. The molecule has 16 heavy (non-hydrogen) atoms. The highest BCUT2D eigenvalue weighted by Crippen LogP contribution is 2.19. The molecule has 0 atom stereocenters. The van der Waals surface area contributed by atoms with Crippen molar-refractivity contribution in [3.8, 4) is 5.75 Å². The molecule has 0 aliphatic heterocycles. The Morgan fingerprint density at radius 1 is 1.38 bits per heavy atom. The molecule has 0 saturated heterocycles. The first-order valence-electron chi connectivity index (χ1n) is 5.47. The topological polar surface area (TPSA) is 36.3 Å². The van der Waals surface area contributed by atoms with Crippen LogP contribution in [-0.2, 0) is 6.54 Å². The Morgan fingerprint density at radius 3 is 2.56 bits per heavy atom. The SMILES string of the molecule is COc1ccccc1CN(C)C(=N)C(C)C. The number of methoxy groups -OCH3 is 1. The van der Waals surface area contributed by atoms with Crippen LogP contribution in [0.25, 0.3) is 0 Å². The highest BCUT2D eigenvalue weighted by atomic mass is 16.5. The van der Waals surface area contributed by atoms with E-state index >= 15 is 0 Å². The molecule has 0 aliphatic rings. The minimum absolute atomic E-state index is 0.250. The van der Waals surface area contributed by atoms with Crippen molar-refractivity contribution in [1.29, 1.82) is 5.41 Å².